The smallest absolute Gasteiger partial charge is 0.0946 e. The monoisotopic (exact) mass is 232 g/mol. The van der Waals surface area contributed by atoms with Crippen LogP contribution in [0.25, 0.3) is 11.1 Å². The average molecular weight is 232 g/mol. The van der Waals surface area contributed by atoms with Crippen LogP contribution < -0.4 is 0 Å². The van der Waals surface area contributed by atoms with Gasteiger partial charge in [-0.25, -0.2) is 0 Å². The fourth-order valence-electron chi connectivity index (χ4n) is 1.26. The third kappa shape index (κ3) is 5.01. The van der Waals surface area contributed by atoms with Crippen molar-refractivity contribution in [3.8, 4) is 11.1 Å². The molecule has 84 valence electrons. The van der Waals surface area contributed by atoms with Gasteiger partial charge in [-0.2, -0.15) is 0 Å². The van der Waals surface area contributed by atoms with Crippen LogP contribution in [0.3, 0.4) is 0 Å². The van der Waals surface area contributed by atoms with Crippen LogP contribution in [0.4, 0.5) is 0 Å². The molecule has 0 fully saturated rings. The zero-order valence-electron chi connectivity index (χ0n) is 9.59. The van der Waals surface area contributed by atoms with E-state index in [0.717, 1.165) is 0 Å². The van der Waals surface area contributed by atoms with E-state index in [2.05, 4.69) is 48.5 Å². The summed E-state index contributed by atoms with van der Waals surface area (Å²) in [5.74, 6) is 0. The molecule has 0 aliphatic heterocycles. The average Bonchev–Trinajstić information content (AvgIpc) is 2.31. The first-order chi connectivity index (χ1) is 7.70. The van der Waals surface area contributed by atoms with Gasteiger partial charge in [0, 0.05) is 0 Å². The molecule has 0 aliphatic rings. The van der Waals surface area contributed by atoms with Crippen LogP contribution in [0.1, 0.15) is 0 Å². The van der Waals surface area contributed by atoms with Crippen LogP contribution in [-0.2, 0) is 11.2 Å². The Kier molecular flexibility index (Phi) is 5.68. The van der Waals surface area contributed by atoms with Gasteiger partial charge >= 0.3 is 0 Å². The van der Waals surface area contributed by atoms with E-state index in [9.17, 15) is 4.55 Å². The molecule has 0 saturated heterocycles. The molecule has 0 amide bonds. The third-order valence-electron chi connectivity index (χ3n) is 1.88. The highest BCUT2D eigenvalue weighted by molar-refractivity contribution is 7.89. The highest BCUT2D eigenvalue weighted by atomic mass is 32.2. The molecule has 2 aromatic rings. The molecule has 0 spiro atoms. The van der Waals surface area contributed by atoms with Crippen LogP contribution in [0.15, 0.2) is 60.7 Å². The molecule has 0 unspecified atom stereocenters. The summed E-state index contributed by atoms with van der Waals surface area (Å²) < 4.78 is 9.56. The van der Waals surface area contributed by atoms with E-state index in [-0.39, 0.29) is 0 Å². The molecule has 0 aliphatic carbocycles. The molecule has 2 rings (SSSR count). The van der Waals surface area contributed by atoms with E-state index in [1.165, 1.54) is 11.1 Å². The molecule has 0 atom stereocenters. The second kappa shape index (κ2) is 7.09. The highest BCUT2D eigenvalue weighted by Gasteiger charge is 1.91. The van der Waals surface area contributed by atoms with Gasteiger partial charge in [0.15, 0.2) is 0 Å². The molecule has 0 bridgehead atoms. The first-order valence-corrected chi connectivity index (χ1v) is 7.02. The maximum Gasteiger partial charge on any atom is 0.0946 e. The first-order valence-electron chi connectivity index (χ1n) is 5.05. The van der Waals surface area contributed by atoms with Gasteiger partial charge in [0.05, 0.1) is 12.5 Å². The number of hydrogen-bond donors (Lipinski definition) is 0. The molecule has 0 saturated carbocycles. The van der Waals surface area contributed by atoms with Crippen LogP contribution in [0.2, 0.25) is 0 Å². The molecule has 0 aromatic heterocycles. The molecule has 1 nitrogen and oxygen atoms in total. The SMILES string of the molecule is C[S+](C)[O-].c1ccc(-c2ccccc2)cc1. The zero-order chi connectivity index (χ0) is 11.8. The lowest BCUT2D eigenvalue weighted by molar-refractivity contribution is 0.606. The Labute approximate surface area is 100 Å². The van der Waals surface area contributed by atoms with Crippen molar-refractivity contribution in [2.45, 2.75) is 0 Å². The Bertz CT molecular complexity index is 344. The Morgan fingerprint density at radius 2 is 0.938 bits per heavy atom. The Morgan fingerprint density at radius 1 is 0.688 bits per heavy atom. The topological polar surface area (TPSA) is 23.1 Å². The Hall–Kier alpha value is -1.25. The lowest BCUT2D eigenvalue weighted by Crippen LogP contribution is -1.86. The van der Waals surface area contributed by atoms with Crippen LogP contribution in [0.5, 0.6) is 0 Å². The van der Waals surface area contributed by atoms with E-state index in [1.807, 2.05) is 12.1 Å². The Morgan fingerprint density at radius 3 is 1.19 bits per heavy atom. The molecule has 0 radical (unpaired) electrons. The van der Waals surface area contributed by atoms with Gasteiger partial charge in [-0.3, -0.25) is 0 Å². The predicted octanol–water partition coefficient (Wildman–Crippen LogP) is 3.35. The van der Waals surface area contributed by atoms with Crippen molar-refractivity contribution < 1.29 is 4.55 Å². The van der Waals surface area contributed by atoms with Crippen LogP contribution in [0, 0.1) is 0 Å². The van der Waals surface area contributed by atoms with E-state index < -0.39 is 11.2 Å². The minimum Gasteiger partial charge on any atom is -0.617 e. The lowest BCUT2D eigenvalue weighted by Gasteiger charge is -1.98. The zero-order valence-corrected chi connectivity index (χ0v) is 10.4. The van der Waals surface area contributed by atoms with Gasteiger partial charge in [-0.15, -0.1) is 0 Å². The number of hydrogen-bond acceptors (Lipinski definition) is 1. The lowest BCUT2D eigenvalue weighted by atomic mass is 10.1. The third-order valence-corrected chi connectivity index (χ3v) is 1.88. The standard InChI is InChI=1S/C12H10.C2H6OS/c1-3-7-11(8-4-1)12-9-5-2-6-10-12;1-4(2)3/h1-10H;1-2H3. The van der Waals surface area contributed by atoms with E-state index >= 15 is 0 Å². The van der Waals surface area contributed by atoms with Crippen molar-refractivity contribution in [2.24, 2.45) is 0 Å². The number of benzene rings is 2. The predicted molar refractivity (Wildman–Crippen MR) is 71.9 cm³/mol. The summed E-state index contributed by atoms with van der Waals surface area (Å²) in [6.07, 6.45) is 3.28. The fraction of sp³-hybridized carbons (Fsp3) is 0.143. The van der Waals surface area contributed by atoms with Gasteiger partial charge in [-0.05, 0) is 11.1 Å². The summed E-state index contributed by atoms with van der Waals surface area (Å²) in [5, 5.41) is 0. The molecule has 2 heteroatoms. The normalized spacial score (nSPS) is 9.50. The fourth-order valence-corrected chi connectivity index (χ4v) is 1.26. The summed E-state index contributed by atoms with van der Waals surface area (Å²) in [5.41, 5.74) is 2.55. The largest absolute Gasteiger partial charge is 0.617 e. The summed E-state index contributed by atoms with van der Waals surface area (Å²) >= 11 is -0.611. The maximum atomic E-state index is 9.56. The number of rotatable bonds is 1. The van der Waals surface area contributed by atoms with E-state index in [1.54, 1.807) is 12.5 Å². The molecular formula is C14H16OS. The summed E-state index contributed by atoms with van der Waals surface area (Å²) in [6, 6.07) is 20.8. The van der Waals surface area contributed by atoms with Crippen molar-refractivity contribution in [1.82, 2.24) is 0 Å². The quantitative estimate of drug-likeness (QED) is 0.691. The molecule has 0 heterocycles. The molecular weight excluding hydrogens is 216 g/mol. The summed E-state index contributed by atoms with van der Waals surface area (Å²) in [6.45, 7) is 0. The van der Waals surface area contributed by atoms with Gasteiger partial charge in [0.25, 0.3) is 0 Å². The van der Waals surface area contributed by atoms with Gasteiger partial charge in [-0.1, -0.05) is 71.8 Å². The first kappa shape index (κ1) is 12.8. The summed E-state index contributed by atoms with van der Waals surface area (Å²) in [4.78, 5) is 0. The second-order valence-electron chi connectivity index (χ2n) is 3.47. The van der Waals surface area contributed by atoms with E-state index in [0.29, 0.717) is 0 Å². The van der Waals surface area contributed by atoms with Crippen molar-refractivity contribution in [3.63, 3.8) is 0 Å². The van der Waals surface area contributed by atoms with E-state index in [4.69, 9.17) is 0 Å². The maximum absolute atomic E-state index is 9.56. The van der Waals surface area contributed by atoms with Gasteiger partial charge in [0.1, 0.15) is 0 Å². The minimum absolute atomic E-state index is 0.611. The van der Waals surface area contributed by atoms with Crippen LogP contribution in [-0.4, -0.2) is 17.1 Å². The summed E-state index contributed by atoms with van der Waals surface area (Å²) in [7, 11) is 0. The minimum atomic E-state index is -0.611. The highest BCUT2D eigenvalue weighted by Crippen LogP contribution is 2.17. The van der Waals surface area contributed by atoms with Gasteiger partial charge < -0.3 is 4.55 Å². The second-order valence-corrected chi connectivity index (χ2v) is 4.96. The van der Waals surface area contributed by atoms with Crippen molar-refractivity contribution in [3.05, 3.63) is 60.7 Å². The van der Waals surface area contributed by atoms with Crippen LogP contribution >= 0.6 is 0 Å². The Balaban J connectivity index is 0.000000280. The van der Waals surface area contributed by atoms with Crippen molar-refractivity contribution >= 4 is 11.2 Å². The van der Waals surface area contributed by atoms with Crippen molar-refractivity contribution in [2.75, 3.05) is 12.5 Å². The van der Waals surface area contributed by atoms with Gasteiger partial charge in [0.2, 0.25) is 0 Å². The van der Waals surface area contributed by atoms with Crippen molar-refractivity contribution in [1.29, 1.82) is 0 Å². The molecule has 2 aromatic carbocycles. The molecule has 16 heavy (non-hydrogen) atoms. The molecule has 0 N–H and O–H groups in total.